The van der Waals surface area contributed by atoms with E-state index in [1.807, 2.05) is 19.2 Å². The van der Waals surface area contributed by atoms with Crippen LogP contribution in [0.15, 0.2) is 12.3 Å². The molecule has 0 bridgehead atoms. The lowest BCUT2D eigenvalue weighted by atomic mass is 10.2. The Morgan fingerprint density at radius 1 is 1.57 bits per heavy atom. The highest BCUT2D eigenvalue weighted by molar-refractivity contribution is 5.62. The molecular weight excluding hydrogens is 174 g/mol. The highest BCUT2D eigenvalue weighted by atomic mass is 15.0. The van der Waals surface area contributed by atoms with E-state index in [4.69, 9.17) is 5.73 Å². The van der Waals surface area contributed by atoms with Gasteiger partial charge in [-0.3, -0.25) is 0 Å². The third kappa shape index (κ3) is 1.97. The van der Waals surface area contributed by atoms with Crippen LogP contribution in [0, 0.1) is 12.8 Å². The van der Waals surface area contributed by atoms with E-state index in [-0.39, 0.29) is 0 Å². The molecule has 1 aliphatic carbocycles. The predicted molar refractivity (Wildman–Crippen MR) is 59.2 cm³/mol. The third-order valence-corrected chi connectivity index (χ3v) is 2.75. The Morgan fingerprint density at radius 2 is 2.29 bits per heavy atom. The van der Waals surface area contributed by atoms with Gasteiger partial charge < -0.3 is 11.1 Å². The number of nitrogens with one attached hydrogen (secondary N) is 1. The first-order valence-electron chi connectivity index (χ1n) is 5.15. The van der Waals surface area contributed by atoms with Gasteiger partial charge in [-0.15, -0.1) is 0 Å². The lowest BCUT2D eigenvalue weighted by Crippen LogP contribution is -2.19. The Labute approximate surface area is 84.7 Å². The normalized spacial score (nSPS) is 17.9. The van der Waals surface area contributed by atoms with Crippen LogP contribution in [0.5, 0.6) is 0 Å². The minimum Gasteiger partial charge on any atom is -0.396 e. The summed E-state index contributed by atoms with van der Waals surface area (Å²) in [7, 11) is 0. The highest BCUT2D eigenvalue weighted by Gasteiger charge is 2.28. The van der Waals surface area contributed by atoms with Crippen molar-refractivity contribution in [2.45, 2.75) is 32.7 Å². The molecule has 0 radical (unpaired) electrons. The molecule has 76 valence electrons. The van der Waals surface area contributed by atoms with Crippen molar-refractivity contribution in [2.75, 3.05) is 11.1 Å². The van der Waals surface area contributed by atoms with Gasteiger partial charge in [0.2, 0.25) is 0 Å². The summed E-state index contributed by atoms with van der Waals surface area (Å²) in [6.07, 6.45) is 4.51. The van der Waals surface area contributed by atoms with Crippen molar-refractivity contribution < 1.29 is 0 Å². The molecule has 0 aliphatic heterocycles. The van der Waals surface area contributed by atoms with Gasteiger partial charge in [-0.25, -0.2) is 4.98 Å². The van der Waals surface area contributed by atoms with E-state index in [1.165, 1.54) is 12.8 Å². The standard InChI is InChI=1S/C11H17N3/c1-7-5-10(12)11(13-6-7)14-8(2)9-3-4-9/h5-6,8-9H,3-4,12H2,1-2H3,(H,13,14). The average molecular weight is 191 g/mol. The molecule has 1 fully saturated rings. The molecule has 3 nitrogen and oxygen atoms in total. The largest absolute Gasteiger partial charge is 0.396 e. The van der Waals surface area contributed by atoms with Gasteiger partial charge in [0.1, 0.15) is 5.82 Å². The fourth-order valence-corrected chi connectivity index (χ4v) is 1.64. The number of nitrogens with two attached hydrogens (primary N) is 1. The number of aromatic nitrogens is 1. The zero-order chi connectivity index (χ0) is 10.1. The second kappa shape index (κ2) is 3.48. The molecule has 1 aromatic heterocycles. The molecule has 1 saturated carbocycles. The van der Waals surface area contributed by atoms with Gasteiger partial charge in [0.15, 0.2) is 0 Å². The molecule has 0 saturated heterocycles. The fourth-order valence-electron chi connectivity index (χ4n) is 1.64. The Hall–Kier alpha value is -1.25. The Kier molecular flexibility index (Phi) is 2.32. The zero-order valence-corrected chi connectivity index (χ0v) is 8.75. The van der Waals surface area contributed by atoms with E-state index in [2.05, 4.69) is 17.2 Å². The number of aryl methyl sites for hydroxylation is 1. The van der Waals surface area contributed by atoms with Crippen LogP contribution >= 0.6 is 0 Å². The highest BCUT2D eigenvalue weighted by Crippen LogP contribution is 2.34. The van der Waals surface area contributed by atoms with E-state index >= 15 is 0 Å². The van der Waals surface area contributed by atoms with Gasteiger partial charge in [-0.05, 0) is 44.2 Å². The lowest BCUT2D eigenvalue weighted by molar-refractivity contribution is 0.691. The van der Waals surface area contributed by atoms with Gasteiger partial charge >= 0.3 is 0 Å². The van der Waals surface area contributed by atoms with Crippen molar-refractivity contribution in [1.29, 1.82) is 0 Å². The van der Waals surface area contributed by atoms with Crippen LogP contribution < -0.4 is 11.1 Å². The second-order valence-electron chi connectivity index (χ2n) is 4.22. The summed E-state index contributed by atoms with van der Waals surface area (Å²) in [5, 5.41) is 3.36. The summed E-state index contributed by atoms with van der Waals surface area (Å²) < 4.78 is 0. The van der Waals surface area contributed by atoms with Crippen molar-refractivity contribution in [3.8, 4) is 0 Å². The number of nitrogen functional groups attached to an aromatic ring is 1. The molecule has 2 rings (SSSR count). The number of nitrogens with zero attached hydrogens (tertiary/aromatic N) is 1. The van der Waals surface area contributed by atoms with Crippen LogP contribution in [0.3, 0.4) is 0 Å². The number of hydrogen-bond acceptors (Lipinski definition) is 3. The molecule has 1 aliphatic rings. The van der Waals surface area contributed by atoms with E-state index in [9.17, 15) is 0 Å². The van der Waals surface area contributed by atoms with Crippen LogP contribution in [0.2, 0.25) is 0 Å². The molecular formula is C11H17N3. The second-order valence-corrected chi connectivity index (χ2v) is 4.22. The molecule has 0 spiro atoms. The molecule has 1 unspecified atom stereocenters. The SMILES string of the molecule is Cc1cnc(NC(C)C2CC2)c(N)c1. The summed E-state index contributed by atoms with van der Waals surface area (Å²) in [6.45, 7) is 4.19. The fraction of sp³-hybridized carbons (Fsp3) is 0.545. The van der Waals surface area contributed by atoms with Crippen LogP contribution in [0.25, 0.3) is 0 Å². The minimum absolute atomic E-state index is 0.493. The zero-order valence-electron chi connectivity index (χ0n) is 8.75. The van der Waals surface area contributed by atoms with Crippen molar-refractivity contribution in [3.05, 3.63) is 17.8 Å². The van der Waals surface area contributed by atoms with Gasteiger partial charge in [0, 0.05) is 12.2 Å². The van der Waals surface area contributed by atoms with Crippen LogP contribution in [0.4, 0.5) is 11.5 Å². The summed E-state index contributed by atoms with van der Waals surface area (Å²) in [4.78, 5) is 4.29. The smallest absolute Gasteiger partial charge is 0.149 e. The molecule has 1 atom stereocenters. The molecule has 14 heavy (non-hydrogen) atoms. The van der Waals surface area contributed by atoms with Gasteiger partial charge in [0.05, 0.1) is 5.69 Å². The number of anilines is 2. The maximum Gasteiger partial charge on any atom is 0.149 e. The Morgan fingerprint density at radius 3 is 2.86 bits per heavy atom. The maximum atomic E-state index is 5.87. The van der Waals surface area contributed by atoms with Crippen molar-refractivity contribution in [1.82, 2.24) is 4.98 Å². The van der Waals surface area contributed by atoms with Crippen LogP contribution in [0.1, 0.15) is 25.3 Å². The van der Waals surface area contributed by atoms with E-state index in [0.717, 1.165) is 23.0 Å². The van der Waals surface area contributed by atoms with Gasteiger partial charge in [-0.2, -0.15) is 0 Å². The lowest BCUT2D eigenvalue weighted by Gasteiger charge is -2.15. The van der Waals surface area contributed by atoms with Gasteiger partial charge in [0.25, 0.3) is 0 Å². The summed E-state index contributed by atoms with van der Waals surface area (Å²) in [6, 6.07) is 2.45. The maximum absolute atomic E-state index is 5.87. The Bertz CT molecular complexity index is 331. The number of hydrogen-bond donors (Lipinski definition) is 2. The molecule has 1 aromatic rings. The molecule has 0 aromatic carbocycles. The summed E-state index contributed by atoms with van der Waals surface area (Å²) in [5.74, 6) is 1.65. The predicted octanol–water partition coefficient (Wildman–Crippen LogP) is 2.18. The first kappa shape index (κ1) is 9.31. The summed E-state index contributed by atoms with van der Waals surface area (Å²) in [5.41, 5.74) is 7.72. The van der Waals surface area contributed by atoms with Crippen molar-refractivity contribution >= 4 is 11.5 Å². The average Bonchev–Trinajstić information content (AvgIpc) is 2.92. The molecule has 3 N–H and O–H groups in total. The van der Waals surface area contributed by atoms with Crippen LogP contribution in [-0.2, 0) is 0 Å². The van der Waals surface area contributed by atoms with Gasteiger partial charge in [-0.1, -0.05) is 0 Å². The van der Waals surface area contributed by atoms with Crippen molar-refractivity contribution in [3.63, 3.8) is 0 Å². The van der Waals surface area contributed by atoms with Crippen molar-refractivity contribution in [2.24, 2.45) is 5.92 Å². The first-order valence-corrected chi connectivity index (χ1v) is 5.15. The Balaban J connectivity index is 2.07. The van der Waals surface area contributed by atoms with Crippen LogP contribution in [-0.4, -0.2) is 11.0 Å². The number of pyridine rings is 1. The minimum atomic E-state index is 0.493. The molecule has 3 heteroatoms. The first-order chi connectivity index (χ1) is 6.66. The monoisotopic (exact) mass is 191 g/mol. The summed E-state index contributed by atoms with van der Waals surface area (Å²) >= 11 is 0. The van der Waals surface area contributed by atoms with E-state index < -0.39 is 0 Å². The molecule has 1 heterocycles. The molecule has 0 amide bonds. The van der Waals surface area contributed by atoms with E-state index in [0.29, 0.717) is 6.04 Å². The topological polar surface area (TPSA) is 50.9 Å². The quantitative estimate of drug-likeness (QED) is 0.770. The third-order valence-electron chi connectivity index (χ3n) is 2.75. The van der Waals surface area contributed by atoms with E-state index in [1.54, 1.807) is 0 Å². The number of rotatable bonds is 3.